The average Bonchev–Trinajstić information content (AvgIpc) is 2.64. The van der Waals surface area contributed by atoms with Crippen LogP contribution in [0.25, 0.3) is 0 Å². The van der Waals surface area contributed by atoms with Gasteiger partial charge in [0.05, 0.1) is 11.4 Å². The summed E-state index contributed by atoms with van der Waals surface area (Å²) in [5.41, 5.74) is 0.531. The third-order valence-corrected chi connectivity index (χ3v) is 2.66. The molecule has 2 aromatic heterocycles. The summed E-state index contributed by atoms with van der Waals surface area (Å²) in [6.45, 7) is 3.37. The third-order valence-electron chi connectivity index (χ3n) is 2.66. The van der Waals surface area contributed by atoms with Gasteiger partial charge in [0.25, 0.3) is 11.1 Å². The van der Waals surface area contributed by atoms with Crippen molar-refractivity contribution in [3.8, 4) is 24.7 Å². The van der Waals surface area contributed by atoms with Crippen molar-refractivity contribution in [1.82, 2.24) is 9.03 Å². The molecular formula is C12H8N2O2. The summed E-state index contributed by atoms with van der Waals surface area (Å²) in [6.07, 6.45) is 10.5. The van der Waals surface area contributed by atoms with Crippen LogP contribution < -0.4 is 11.1 Å². The SMILES string of the molecule is C#Cc1c(C)n2c(C)c(C#C)c(=O)n2c1=O. The number of aromatic nitrogens is 2. The second-order valence-electron chi connectivity index (χ2n) is 3.44. The lowest BCUT2D eigenvalue weighted by molar-refractivity contribution is 0.768. The Morgan fingerprint density at radius 2 is 1.25 bits per heavy atom. The highest BCUT2D eigenvalue weighted by molar-refractivity contribution is 5.41. The molecule has 0 aromatic carbocycles. The maximum absolute atomic E-state index is 11.8. The molecule has 2 rings (SSSR count). The molecule has 0 radical (unpaired) electrons. The third kappa shape index (κ3) is 0.910. The fourth-order valence-corrected chi connectivity index (χ4v) is 1.89. The van der Waals surface area contributed by atoms with Crippen LogP contribution in [0.2, 0.25) is 0 Å². The highest BCUT2D eigenvalue weighted by atomic mass is 16.2. The molecule has 0 amide bonds. The Morgan fingerprint density at radius 3 is 1.50 bits per heavy atom. The second-order valence-corrected chi connectivity index (χ2v) is 3.44. The van der Waals surface area contributed by atoms with Crippen LogP contribution in [0.5, 0.6) is 0 Å². The zero-order valence-electron chi connectivity index (χ0n) is 8.87. The van der Waals surface area contributed by atoms with Crippen molar-refractivity contribution in [3.05, 3.63) is 43.2 Å². The van der Waals surface area contributed by atoms with Crippen LogP contribution in [0.1, 0.15) is 22.5 Å². The summed E-state index contributed by atoms with van der Waals surface area (Å²) >= 11 is 0. The molecular weight excluding hydrogens is 204 g/mol. The minimum absolute atomic E-state index is 0.198. The fraction of sp³-hybridized carbons (Fsp3) is 0.167. The van der Waals surface area contributed by atoms with E-state index in [0.717, 1.165) is 4.52 Å². The maximum atomic E-state index is 11.8. The van der Waals surface area contributed by atoms with Crippen LogP contribution in [0, 0.1) is 38.5 Å². The van der Waals surface area contributed by atoms with E-state index >= 15 is 0 Å². The van der Waals surface area contributed by atoms with E-state index in [2.05, 4.69) is 11.8 Å². The summed E-state index contributed by atoms with van der Waals surface area (Å²) < 4.78 is 2.45. The molecule has 4 nitrogen and oxygen atoms in total. The first-order valence-electron chi connectivity index (χ1n) is 4.58. The molecule has 2 heterocycles. The minimum Gasteiger partial charge on any atom is -0.266 e. The highest BCUT2D eigenvalue weighted by Gasteiger charge is 2.19. The molecule has 0 bridgehead atoms. The highest BCUT2D eigenvalue weighted by Crippen LogP contribution is 2.07. The molecule has 0 N–H and O–H groups in total. The van der Waals surface area contributed by atoms with Crippen LogP contribution >= 0.6 is 0 Å². The van der Waals surface area contributed by atoms with Crippen molar-refractivity contribution in [2.45, 2.75) is 13.8 Å². The first-order chi connectivity index (χ1) is 7.54. The first-order valence-corrected chi connectivity index (χ1v) is 4.58. The quantitative estimate of drug-likeness (QED) is 0.566. The molecule has 16 heavy (non-hydrogen) atoms. The van der Waals surface area contributed by atoms with Crippen LogP contribution in [0.15, 0.2) is 9.59 Å². The number of rotatable bonds is 0. The molecule has 0 spiro atoms. The van der Waals surface area contributed by atoms with Gasteiger partial charge >= 0.3 is 0 Å². The summed E-state index contributed by atoms with van der Waals surface area (Å²) in [5.74, 6) is 4.57. The Hall–Kier alpha value is -2.46. The van der Waals surface area contributed by atoms with Gasteiger partial charge in [-0.1, -0.05) is 11.8 Å². The lowest BCUT2D eigenvalue weighted by Gasteiger charge is -1.94. The molecule has 0 atom stereocenters. The second kappa shape index (κ2) is 3.01. The molecule has 0 saturated carbocycles. The fourth-order valence-electron chi connectivity index (χ4n) is 1.89. The summed E-state index contributed by atoms with van der Waals surface area (Å²) in [7, 11) is 0. The predicted molar refractivity (Wildman–Crippen MR) is 59.9 cm³/mol. The molecule has 2 aromatic rings. The van der Waals surface area contributed by atoms with Gasteiger partial charge in [-0.15, -0.1) is 12.8 Å². The van der Waals surface area contributed by atoms with Gasteiger partial charge in [-0.05, 0) is 13.8 Å². The largest absolute Gasteiger partial charge is 0.290 e. The Kier molecular flexibility index (Phi) is 1.90. The lowest BCUT2D eigenvalue weighted by atomic mass is 10.2. The molecule has 78 valence electrons. The van der Waals surface area contributed by atoms with E-state index in [-0.39, 0.29) is 11.1 Å². The monoisotopic (exact) mass is 212 g/mol. The number of hydrogen-bond donors (Lipinski definition) is 0. The van der Waals surface area contributed by atoms with Crippen LogP contribution in [-0.4, -0.2) is 9.03 Å². The van der Waals surface area contributed by atoms with E-state index in [1.807, 2.05) is 0 Å². The van der Waals surface area contributed by atoms with Crippen molar-refractivity contribution in [2.24, 2.45) is 0 Å². The smallest absolute Gasteiger partial charge is 0.266 e. The van der Waals surface area contributed by atoms with Crippen molar-refractivity contribution in [1.29, 1.82) is 0 Å². The van der Waals surface area contributed by atoms with E-state index in [0.29, 0.717) is 11.4 Å². The standard InChI is InChI=1S/C12H8N2O2/c1-5-9-7(3)13-8(4)10(6-2)12(16)14(13)11(9)15/h1-2H,3-4H3. The van der Waals surface area contributed by atoms with Gasteiger partial charge in [-0.2, -0.15) is 4.52 Å². The van der Waals surface area contributed by atoms with Gasteiger partial charge in [0.2, 0.25) is 0 Å². The lowest BCUT2D eigenvalue weighted by Crippen LogP contribution is -2.23. The zero-order chi connectivity index (χ0) is 12.0. The minimum atomic E-state index is -0.491. The van der Waals surface area contributed by atoms with E-state index < -0.39 is 11.1 Å². The van der Waals surface area contributed by atoms with Crippen LogP contribution in [0.3, 0.4) is 0 Å². The molecule has 0 unspecified atom stereocenters. The molecule has 0 aliphatic heterocycles. The Balaban J connectivity index is 3.23. The molecule has 0 fully saturated rings. The molecule has 0 saturated heterocycles. The van der Waals surface area contributed by atoms with E-state index in [1.54, 1.807) is 13.8 Å². The Labute approximate surface area is 91.5 Å². The zero-order valence-corrected chi connectivity index (χ0v) is 8.87. The van der Waals surface area contributed by atoms with E-state index in [9.17, 15) is 9.59 Å². The number of aryl methyl sites for hydroxylation is 2. The maximum Gasteiger partial charge on any atom is 0.290 e. The predicted octanol–water partition coefficient (Wildman–Crippen LogP) is -0.224. The molecule has 0 aliphatic rings. The van der Waals surface area contributed by atoms with Crippen molar-refractivity contribution in [3.63, 3.8) is 0 Å². The topological polar surface area (TPSA) is 43.0 Å². The number of fused-ring (bicyclic) bond motifs is 1. The summed E-state index contributed by atoms with van der Waals surface area (Å²) in [4.78, 5) is 23.6. The first kappa shape index (κ1) is 10.1. The molecule has 4 heteroatoms. The van der Waals surface area contributed by atoms with E-state index in [1.165, 1.54) is 4.52 Å². The number of hydrogen-bond acceptors (Lipinski definition) is 2. The van der Waals surface area contributed by atoms with Crippen LogP contribution in [0.4, 0.5) is 0 Å². The summed E-state index contributed by atoms with van der Waals surface area (Å²) in [5, 5.41) is 0. The van der Waals surface area contributed by atoms with E-state index in [4.69, 9.17) is 12.8 Å². The normalized spacial score (nSPS) is 10.2. The Morgan fingerprint density at radius 1 is 0.875 bits per heavy atom. The number of nitrogens with zero attached hydrogens (tertiary/aromatic N) is 2. The average molecular weight is 212 g/mol. The van der Waals surface area contributed by atoms with Crippen molar-refractivity contribution >= 4 is 0 Å². The van der Waals surface area contributed by atoms with Gasteiger partial charge in [-0.3, -0.25) is 9.59 Å². The number of terminal acetylenes is 2. The van der Waals surface area contributed by atoms with Crippen molar-refractivity contribution < 1.29 is 0 Å². The Bertz CT molecular complexity index is 715. The van der Waals surface area contributed by atoms with Gasteiger partial charge in [0.1, 0.15) is 11.1 Å². The molecule has 0 aliphatic carbocycles. The van der Waals surface area contributed by atoms with Crippen LogP contribution in [-0.2, 0) is 0 Å². The van der Waals surface area contributed by atoms with Gasteiger partial charge in [-0.25, -0.2) is 4.52 Å². The van der Waals surface area contributed by atoms with Gasteiger partial charge < -0.3 is 0 Å². The van der Waals surface area contributed by atoms with Crippen molar-refractivity contribution in [2.75, 3.05) is 0 Å². The van der Waals surface area contributed by atoms with Gasteiger partial charge in [0.15, 0.2) is 0 Å². The summed E-state index contributed by atoms with van der Waals surface area (Å²) in [6, 6.07) is 0. The van der Waals surface area contributed by atoms with Gasteiger partial charge in [0, 0.05) is 0 Å².